The van der Waals surface area contributed by atoms with Crippen LogP contribution in [0.1, 0.15) is 22.7 Å². The van der Waals surface area contributed by atoms with E-state index in [1.165, 1.54) is 11.3 Å². The van der Waals surface area contributed by atoms with Crippen LogP contribution in [-0.2, 0) is 27.4 Å². The van der Waals surface area contributed by atoms with E-state index in [-0.39, 0.29) is 31.3 Å². The van der Waals surface area contributed by atoms with Crippen LogP contribution in [-0.4, -0.2) is 33.4 Å². The first-order valence-electron chi connectivity index (χ1n) is 9.05. The van der Waals surface area contributed by atoms with Crippen molar-refractivity contribution in [2.45, 2.75) is 26.4 Å². The molecule has 0 spiro atoms. The van der Waals surface area contributed by atoms with Crippen LogP contribution in [0, 0.1) is 6.92 Å². The zero-order chi connectivity index (χ0) is 20.5. The molecule has 3 rings (SSSR count). The summed E-state index contributed by atoms with van der Waals surface area (Å²) in [6, 6.07) is 9.31. The number of ether oxygens (including phenoxy) is 1. The first kappa shape index (κ1) is 20.4. The van der Waals surface area contributed by atoms with Gasteiger partial charge in [0.2, 0.25) is 11.9 Å². The number of thiazole rings is 1. The van der Waals surface area contributed by atoms with Crippen molar-refractivity contribution in [1.29, 1.82) is 0 Å². The van der Waals surface area contributed by atoms with Gasteiger partial charge in [-0.1, -0.05) is 18.2 Å². The summed E-state index contributed by atoms with van der Waals surface area (Å²) in [4.78, 5) is 36.4. The Hall–Kier alpha value is -3.33. The molecule has 0 bridgehead atoms. The highest BCUT2D eigenvalue weighted by molar-refractivity contribution is 7.09. The fraction of sp³-hybridized carbons (Fsp3) is 0.250. The molecule has 2 aromatic heterocycles. The molecule has 0 fully saturated rings. The molecule has 8 nitrogen and oxygen atoms in total. The molecule has 0 saturated carbocycles. The van der Waals surface area contributed by atoms with E-state index in [4.69, 9.17) is 4.74 Å². The van der Waals surface area contributed by atoms with E-state index >= 15 is 0 Å². The number of hydrogen-bond acceptors (Lipinski definition) is 8. The van der Waals surface area contributed by atoms with E-state index in [9.17, 15) is 9.59 Å². The molecule has 3 aromatic rings. The number of rotatable bonds is 9. The number of esters is 1. The van der Waals surface area contributed by atoms with Crippen LogP contribution in [0.15, 0.2) is 48.1 Å². The third-order valence-corrected chi connectivity index (χ3v) is 4.79. The highest BCUT2D eigenvalue weighted by atomic mass is 32.1. The average Bonchev–Trinajstić information content (AvgIpc) is 3.16. The second kappa shape index (κ2) is 10.3. The maximum atomic E-state index is 12.2. The van der Waals surface area contributed by atoms with Crippen molar-refractivity contribution in [3.05, 3.63) is 64.4 Å². The van der Waals surface area contributed by atoms with Crippen LogP contribution in [0.2, 0.25) is 0 Å². The predicted octanol–water partition coefficient (Wildman–Crippen LogP) is 2.97. The second-order valence-electron chi connectivity index (χ2n) is 6.18. The summed E-state index contributed by atoms with van der Waals surface area (Å²) in [5.41, 5.74) is 2.42. The smallest absolute Gasteiger partial charge is 0.307 e. The Morgan fingerprint density at radius 3 is 2.72 bits per heavy atom. The summed E-state index contributed by atoms with van der Waals surface area (Å²) >= 11 is 1.37. The standard InChI is InChI=1S/C20H21N5O3S/c1-14-5-2-3-6-16(14)25-17(26)11-18-24-15(13-29-18)12-28-19(27)7-10-23-20-21-8-4-9-22-20/h2-6,8-9,13H,7,10-12H2,1H3,(H,25,26)(H,21,22,23). The van der Waals surface area contributed by atoms with Crippen LogP contribution >= 0.6 is 11.3 Å². The molecular formula is C20H21N5O3S. The molecule has 2 heterocycles. The number of para-hydroxylation sites is 1. The van der Waals surface area contributed by atoms with Gasteiger partial charge in [-0.25, -0.2) is 15.0 Å². The molecule has 9 heteroatoms. The summed E-state index contributed by atoms with van der Waals surface area (Å²) in [5, 5.41) is 8.28. The van der Waals surface area contributed by atoms with Crippen molar-refractivity contribution < 1.29 is 14.3 Å². The van der Waals surface area contributed by atoms with E-state index < -0.39 is 0 Å². The zero-order valence-electron chi connectivity index (χ0n) is 15.9. The summed E-state index contributed by atoms with van der Waals surface area (Å²) in [5.74, 6) is -0.0138. The monoisotopic (exact) mass is 411 g/mol. The maximum absolute atomic E-state index is 12.2. The van der Waals surface area contributed by atoms with Gasteiger partial charge in [-0.15, -0.1) is 11.3 Å². The molecular weight excluding hydrogens is 390 g/mol. The normalized spacial score (nSPS) is 10.4. The SMILES string of the molecule is Cc1ccccc1NC(=O)Cc1nc(COC(=O)CCNc2ncccn2)cs1. The van der Waals surface area contributed by atoms with Crippen LogP contribution in [0.5, 0.6) is 0 Å². The predicted molar refractivity (Wildman–Crippen MR) is 111 cm³/mol. The van der Waals surface area contributed by atoms with Crippen LogP contribution < -0.4 is 10.6 Å². The quantitative estimate of drug-likeness (QED) is 0.521. The Morgan fingerprint density at radius 1 is 1.14 bits per heavy atom. The number of hydrogen-bond donors (Lipinski definition) is 2. The molecule has 29 heavy (non-hydrogen) atoms. The highest BCUT2D eigenvalue weighted by Crippen LogP contribution is 2.16. The minimum atomic E-state index is -0.347. The number of benzene rings is 1. The van der Waals surface area contributed by atoms with Gasteiger partial charge in [-0.3, -0.25) is 9.59 Å². The molecule has 0 unspecified atom stereocenters. The van der Waals surface area contributed by atoms with Crippen LogP contribution in [0.4, 0.5) is 11.6 Å². The summed E-state index contributed by atoms with van der Waals surface area (Å²) in [6.45, 7) is 2.40. The van der Waals surface area contributed by atoms with Crippen molar-refractivity contribution in [2.24, 2.45) is 0 Å². The van der Waals surface area contributed by atoms with E-state index in [0.717, 1.165) is 11.3 Å². The van der Waals surface area contributed by atoms with Gasteiger partial charge in [0, 0.05) is 30.0 Å². The van der Waals surface area contributed by atoms with E-state index in [0.29, 0.717) is 23.2 Å². The van der Waals surface area contributed by atoms with Crippen molar-refractivity contribution in [2.75, 3.05) is 17.2 Å². The Balaban J connectivity index is 1.39. The lowest BCUT2D eigenvalue weighted by atomic mass is 10.2. The highest BCUT2D eigenvalue weighted by Gasteiger charge is 2.11. The summed E-state index contributed by atoms with van der Waals surface area (Å²) in [7, 11) is 0. The van der Waals surface area contributed by atoms with Gasteiger partial charge in [0.05, 0.1) is 18.5 Å². The number of aromatic nitrogens is 3. The van der Waals surface area contributed by atoms with Crippen molar-refractivity contribution in [3.8, 4) is 0 Å². The Kier molecular flexibility index (Phi) is 7.23. The molecule has 0 aliphatic heterocycles. The average molecular weight is 411 g/mol. The lowest BCUT2D eigenvalue weighted by Crippen LogP contribution is -2.15. The molecule has 0 radical (unpaired) electrons. The minimum absolute atomic E-state index is 0.0799. The van der Waals surface area contributed by atoms with Gasteiger partial charge in [0.25, 0.3) is 0 Å². The van der Waals surface area contributed by atoms with Gasteiger partial charge in [0.1, 0.15) is 11.6 Å². The van der Waals surface area contributed by atoms with Crippen molar-refractivity contribution in [1.82, 2.24) is 15.0 Å². The van der Waals surface area contributed by atoms with Crippen LogP contribution in [0.25, 0.3) is 0 Å². The van der Waals surface area contributed by atoms with Gasteiger partial charge in [-0.05, 0) is 24.6 Å². The molecule has 1 aromatic carbocycles. The maximum Gasteiger partial charge on any atom is 0.307 e. The first-order chi connectivity index (χ1) is 14.1. The number of carbonyl (C=O) groups is 2. The minimum Gasteiger partial charge on any atom is -0.459 e. The number of aryl methyl sites for hydroxylation is 1. The summed E-state index contributed by atoms with van der Waals surface area (Å²) < 4.78 is 5.22. The Labute approximate surface area is 172 Å². The van der Waals surface area contributed by atoms with Crippen molar-refractivity contribution in [3.63, 3.8) is 0 Å². The second-order valence-corrected chi connectivity index (χ2v) is 7.12. The molecule has 0 aliphatic rings. The van der Waals surface area contributed by atoms with E-state index in [1.807, 2.05) is 31.2 Å². The lowest BCUT2D eigenvalue weighted by Gasteiger charge is -2.06. The molecule has 1 amide bonds. The number of anilines is 2. The van der Waals surface area contributed by atoms with Gasteiger partial charge in [-0.2, -0.15) is 0 Å². The lowest BCUT2D eigenvalue weighted by molar-refractivity contribution is -0.144. The Morgan fingerprint density at radius 2 is 1.93 bits per heavy atom. The van der Waals surface area contributed by atoms with Gasteiger partial charge in [0.15, 0.2) is 0 Å². The fourth-order valence-corrected chi connectivity index (χ4v) is 3.21. The molecule has 0 saturated heterocycles. The largest absolute Gasteiger partial charge is 0.459 e. The fourth-order valence-electron chi connectivity index (χ4n) is 2.43. The third kappa shape index (κ3) is 6.65. The van der Waals surface area contributed by atoms with Gasteiger partial charge < -0.3 is 15.4 Å². The number of carbonyl (C=O) groups excluding carboxylic acids is 2. The Bertz CT molecular complexity index is 962. The first-order valence-corrected chi connectivity index (χ1v) is 9.93. The van der Waals surface area contributed by atoms with E-state index in [1.54, 1.807) is 23.8 Å². The summed E-state index contributed by atoms with van der Waals surface area (Å²) in [6.07, 6.45) is 3.60. The number of amides is 1. The number of nitrogens with zero attached hydrogens (tertiary/aromatic N) is 3. The van der Waals surface area contributed by atoms with Gasteiger partial charge >= 0.3 is 5.97 Å². The topological polar surface area (TPSA) is 106 Å². The molecule has 2 N–H and O–H groups in total. The molecule has 0 aliphatic carbocycles. The molecule has 0 atom stereocenters. The zero-order valence-corrected chi connectivity index (χ0v) is 16.7. The third-order valence-electron chi connectivity index (χ3n) is 3.89. The number of nitrogens with one attached hydrogen (secondary N) is 2. The van der Waals surface area contributed by atoms with E-state index in [2.05, 4.69) is 25.6 Å². The van der Waals surface area contributed by atoms with Crippen molar-refractivity contribution >= 4 is 34.8 Å². The molecule has 150 valence electrons. The van der Waals surface area contributed by atoms with Crippen LogP contribution in [0.3, 0.4) is 0 Å².